The Bertz CT molecular complexity index is 451. The molecule has 1 aromatic carbocycles. The Morgan fingerprint density at radius 2 is 1.81 bits per heavy atom. The molecule has 3 nitrogen and oxygen atoms in total. The number of piperazine rings is 1. The third kappa shape index (κ3) is 4.97. The average Bonchev–Trinajstić information content (AvgIpc) is 2.40. The molecule has 0 amide bonds. The first-order valence-electron chi connectivity index (χ1n) is 7.97. The van der Waals surface area contributed by atoms with Gasteiger partial charge in [-0.3, -0.25) is 4.90 Å². The quantitative estimate of drug-likeness (QED) is 0.882. The lowest BCUT2D eigenvalue weighted by Gasteiger charge is -2.38. The first-order valence-corrected chi connectivity index (χ1v) is 8.76. The molecule has 0 bridgehead atoms. The number of halogens is 1. The highest BCUT2D eigenvalue weighted by atomic mass is 79.9. The van der Waals surface area contributed by atoms with E-state index in [2.05, 4.69) is 64.7 Å². The third-order valence-electron chi connectivity index (χ3n) is 3.93. The summed E-state index contributed by atoms with van der Waals surface area (Å²) in [6, 6.07) is 6.78. The maximum Gasteiger partial charge on any atom is 0.0411 e. The van der Waals surface area contributed by atoms with Gasteiger partial charge in [0.1, 0.15) is 0 Å². The Hall–Kier alpha value is -0.580. The molecule has 1 atom stereocenters. The monoisotopic (exact) mass is 353 g/mol. The molecular weight excluding hydrogens is 326 g/mol. The van der Waals surface area contributed by atoms with Crippen LogP contribution in [0.5, 0.6) is 0 Å². The van der Waals surface area contributed by atoms with Crippen LogP contribution in [0.4, 0.5) is 5.69 Å². The molecule has 1 aliphatic heterocycles. The predicted molar refractivity (Wildman–Crippen MR) is 95.0 cm³/mol. The van der Waals surface area contributed by atoms with Gasteiger partial charge in [0.2, 0.25) is 0 Å². The van der Waals surface area contributed by atoms with E-state index in [4.69, 9.17) is 5.73 Å². The summed E-state index contributed by atoms with van der Waals surface area (Å²) in [7, 11) is 0. The number of hydrogen-bond donors (Lipinski definition) is 1. The minimum atomic E-state index is 0.201. The van der Waals surface area contributed by atoms with Crippen LogP contribution >= 0.6 is 15.9 Å². The molecule has 1 heterocycles. The standard InChI is InChI=1S/C17H28BrN3/c1-13(2)12-20-6-8-21(9-7-20)17-11-16(18)5-4-15(17)10-14(3)19/h4-5,11,13-14H,6-10,12,19H2,1-3H3. The summed E-state index contributed by atoms with van der Waals surface area (Å²) >= 11 is 3.61. The molecule has 2 rings (SSSR count). The van der Waals surface area contributed by atoms with Crippen molar-refractivity contribution in [2.45, 2.75) is 33.2 Å². The second-order valence-corrected chi connectivity index (χ2v) is 7.55. The van der Waals surface area contributed by atoms with E-state index in [1.54, 1.807) is 0 Å². The molecule has 4 heteroatoms. The summed E-state index contributed by atoms with van der Waals surface area (Å²) in [4.78, 5) is 5.09. The van der Waals surface area contributed by atoms with E-state index in [-0.39, 0.29) is 6.04 Å². The Kier molecular flexibility index (Phi) is 6.08. The number of hydrogen-bond acceptors (Lipinski definition) is 3. The first kappa shape index (κ1) is 16.8. The molecule has 0 aliphatic carbocycles. The highest BCUT2D eigenvalue weighted by molar-refractivity contribution is 9.10. The minimum absolute atomic E-state index is 0.201. The van der Waals surface area contributed by atoms with Crippen molar-refractivity contribution in [3.05, 3.63) is 28.2 Å². The van der Waals surface area contributed by atoms with Crippen LogP contribution in [0.1, 0.15) is 26.3 Å². The van der Waals surface area contributed by atoms with Crippen molar-refractivity contribution in [2.24, 2.45) is 11.7 Å². The van der Waals surface area contributed by atoms with Crippen LogP contribution in [0.25, 0.3) is 0 Å². The second-order valence-electron chi connectivity index (χ2n) is 6.64. The van der Waals surface area contributed by atoms with Gasteiger partial charge in [-0.2, -0.15) is 0 Å². The second kappa shape index (κ2) is 7.61. The van der Waals surface area contributed by atoms with Crippen molar-refractivity contribution in [1.82, 2.24) is 4.90 Å². The van der Waals surface area contributed by atoms with Gasteiger partial charge in [-0.1, -0.05) is 35.8 Å². The van der Waals surface area contributed by atoms with E-state index in [0.717, 1.165) is 43.0 Å². The highest BCUT2D eigenvalue weighted by Gasteiger charge is 2.20. The van der Waals surface area contributed by atoms with Gasteiger partial charge in [-0.05, 0) is 37.0 Å². The van der Waals surface area contributed by atoms with Crippen molar-refractivity contribution < 1.29 is 0 Å². The van der Waals surface area contributed by atoms with E-state index in [1.807, 2.05) is 0 Å². The molecule has 1 aromatic rings. The van der Waals surface area contributed by atoms with Gasteiger partial charge < -0.3 is 10.6 Å². The number of nitrogens with two attached hydrogens (primary N) is 1. The highest BCUT2D eigenvalue weighted by Crippen LogP contribution is 2.27. The van der Waals surface area contributed by atoms with Gasteiger partial charge in [0.15, 0.2) is 0 Å². The van der Waals surface area contributed by atoms with Crippen LogP contribution < -0.4 is 10.6 Å². The van der Waals surface area contributed by atoms with E-state index < -0.39 is 0 Å². The zero-order valence-corrected chi connectivity index (χ0v) is 15.1. The van der Waals surface area contributed by atoms with Crippen molar-refractivity contribution in [2.75, 3.05) is 37.6 Å². The van der Waals surface area contributed by atoms with Crippen molar-refractivity contribution in [3.8, 4) is 0 Å². The van der Waals surface area contributed by atoms with Crippen LogP contribution in [0.2, 0.25) is 0 Å². The average molecular weight is 354 g/mol. The van der Waals surface area contributed by atoms with E-state index in [0.29, 0.717) is 0 Å². The summed E-state index contributed by atoms with van der Waals surface area (Å²) in [6.07, 6.45) is 0.939. The summed E-state index contributed by atoms with van der Waals surface area (Å²) in [5, 5.41) is 0. The maximum absolute atomic E-state index is 6.00. The Morgan fingerprint density at radius 3 is 2.38 bits per heavy atom. The number of anilines is 1. The van der Waals surface area contributed by atoms with Crippen LogP contribution in [-0.2, 0) is 6.42 Å². The molecule has 1 unspecified atom stereocenters. The molecular formula is C17H28BrN3. The van der Waals surface area contributed by atoms with Crippen LogP contribution in [-0.4, -0.2) is 43.7 Å². The topological polar surface area (TPSA) is 32.5 Å². The van der Waals surface area contributed by atoms with Crippen molar-refractivity contribution in [3.63, 3.8) is 0 Å². The van der Waals surface area contributed by atoms with E-state index >= 15 is 0 Å². The van der Waals surface area contributed by atoms with E-state index in [9.17, 15) is 0 Å². The van der Waals surface area contributed by atoms with Crippen LogP contribution in [0.3, 0.4) is 0 Å². The SMILES string of the molecule is CC(C)CN1CCN(c2cc(Br)ccc2CC(C)N)CC1. The number of benzene rings is 1. The third-order valence-corrected chi connectivity index (χ3v) is 4.42. The zero-order chi connectivity index (χ0) is 15.4. The molecule has 0 radical (unpaired) electrons. The van der Waals surface area contributed by atoms with Gasteiger partial charge in [-0.15, -0.1) is 0 Å². The Labute approximate surface area is 137 Å². The fourth-order valence-electron chi connectivity index (χ4n) is 3.04. The van der Waals surface area contributed by atoms with Gasteiger partial charge in [0.25, 0.3) is 0 Å². The largest absolute Gasteiger partial charge is 0.369 e. The smallest absolute Gasteiger partial charge is 0.0411 e. The van der Waals surface area contributed by atoms with Crippen LogP contribution in [0, 0.1) is 5.92 Å². The van der Waals surface area contributed by atoms with Gasteiger partial charge >= 0.3 is 0 Å². The molecule has 0 aromatic heterocycles. The molecule has 118 valence electrons. The van der Waals surface area contributed by atoms with Gasteiger partial charge in [-0.25, -0.2) is 0 Å². The Morgan fingerprint density at radius 1 is 1.14 bits per heavy atom. The molecule has 21 heavy (non-hydrogen) atoms. The van der Waals surface area contributed by atoms with Crippen LogP contribution in [0.15, 0.2) is 22.7 Å². The molecule has 1 aliphatic rings. The Balaban J connectivity index is 2.06. The van der Waals surface area contributed by atoms with Crippen molar-refractivity contribution >= 4 is 21.6 Å². The lowest BCUT2D eigenvalue weighted by molar-refractivity contribution is 0.231. The number of rotatable bonds is 5. The fraction of sp³-hybridized carbons (Fsp3) is 0.647. The predicted octanol–water partition coefficient (Wildman–Crippen LogP) is 3.12. The maximum atomic E-state index is 6.00. The summed E-state index contributed by atoms with van der Waals surface area (Å²) < 4.78 is 1.15. The molecule has 1 fully saturated rings. The lowest BCUT2D eigenvalue weighted by atomic mass is 10.0. The fourth-order valence-corrected chi connectivity index (χ4v) is 3.39. The first-order chi connectivity index (χ1) is 9.95. The molecule has 2 N–H and O–H groups in total. The van der Waals surface area contributed by atoms with Crippen molar-refractivity contribution in [1.29, 1.82) is 0 Å². The molecule has 0 saturated carbocycles. The van der Waals surface area contributed by atoms with E-state index in [1.165, 1.54) is 17.8 Å². The normalized spacial score (nSPS) is 18.3. The zero-order valence-electron chi connectivity index (χ0n) is 13.5. The summed E-state index contributed by atoms with van der Waals surface area (Å²) in [6.45, 7) is 12.4. The summed E-state index contributed by atoms with van der Waals surface area (Å²) in [5.74, 6) is 0.746. The number of nitrogens with zero attached hydrogens (tertiary/aromatic N) is 2. The minimum Gasteiger partial charge on any atom is -0.369 e. The van der Waals surface area contributed by atoms with Gasteiger partial charge in [0.05, 0.1) is 0 Å². The summed E-state index contributed by atoms with van der Waals surface area (Å²) in [5.41, 5.74) is 8.72. The molecule has 0 spiro atoms. The molecule has 1 saturated heterocycles. The van der Waals surface area contributed by atoms with Gasteiger partial charge in [0, 0.05) is 48.9 Å². The lowest BCUT2D eigenvalue weighted by Crippen LogP contribution is -2.47.